The van der Waals surface area contributed by atoms with Gasteiger partial charge in [0, 0.05) is 24.5 Å². The smallest absolute Gasteiger partial charge is 0.261 e. The van der Waals surface area contributed by atoms with Crippen molar-refractivity contribution in [3.8, 4) is 0 Å². The fraction of sp³-hybridized carbons (Fsp3) is 0.100. The first kappa shape index (κ1) is 16.7. The molecule has 0 saturated heterocycles. The highest BCUT2D eigenvalue weighted by atomic mass is 16.2. The van der Waals surface area contributed by atoms with E-state index in [0.29, 0.717) is 11.1 Å². The number of nitrogens with one attached hydrogen (secondary N) is 1. The lowest BCUT2D eigenvalue weighted by Crippen LogP contribution is -2.29. The number of hydrogen-bond acceptors (Lipinski definition) is 4. The quantitative estimate of drug-likeness (QED) is 0.557. The molecule has 7 nitrogen and oxygen atoms in total. The molecule has 0 fully saturated rings. The number of hydrogen-bond donors (Lipinski definition) is 1. The van der Waals surface area contributed by atoms with Gasteiger partial charge in [0.25, 0.3) is 17.7 Å². The maximum atomic E-state index is 12.5. The number of aromatic nitrogens is 2. The van der Waals surface area contributed by atoms with Gasteiger partial charge in [-0.2, -0.15) is 0 Å². The summed E-state index contributed by atoms with van der Waals surface area (Å²) in [5.41, 5.74) is 2.38. The van der Waals surface area contributed by atoms with E-state index in [4.69, 9.17) is 0 Å². The van der Waals surface area contributed by atoms with Crippen molar-refractivity contribution in [2.24, 2.45) is 0 Å². The summed E-state index contributed by atoms with van der Waals surface area (Å²) >= 11 is 0. The predicted octanol–water partition coefficient (Wildman–Crippen LogP) is 2.05. The average molecular weight is 360 g/mol. The van der Waals surface area contributed by atoms with Gasteiger partial charge in [-0.05, 0) is 30.3 Å². The molecule has 0 unspecified atom stereocenters. The third-order valence-electron chi connectivity index (χ3n) is 4.39. The Balaban J connectivity index is 1.51. The monoisotopic (exact) mass is 360 g/mol. The van der Waals surface area contributed by atoms with Crippen molar-refractivity contribution < 1.29 is 14.4 Å². The molecule has 1 N–H and O–H groups in total. The van der Waals surface area contributed by atoms with Crippen molar-refractivity contribution in [1.29, 1.82) is 0 Å². The summed E-state index contributed by atoms with van der Waals surface area (Å²) in [5, 5.41) is 2.79. The molecule has 0 bridgehead atoms. The third kappa shape index (κ3) is 2.89. The first-order valence-corrected chi connectivity index (χ1v) is 8.40. The summed E-state index contributed by atoms with van der Waals surface area (Å²) in [6, 6.07) is 10.2. The Hall–Kier alpha value is -3.74. The van der Waals surface area contributed by atoms with E-state index in [2.05, 4.69) is 16.9 Å². The molecule has 7 heteroatoms. The van der Waals surface area contributed by atoms with Crippen LogP contribution in [0.2, 0.25) is 0 Å². The summed E-state index contributed by atoms with van der Waals surface area (Å²) in [6.45, 7) is 3.95. The van der Waals surface area contributed by atoms with Crippen molar-refractivity contribution in [3.63, 3.8) is 0 Å². The zero-order chi connectivity index (χ0) is 19.0. The highest BCUT2D eigenvalue weighted by Gasteiger charge is 2.35. The molecule has 0 atom stereocenters. The number of pyridine rings is 1. The lowest BCUT2D eigenvalue weighted by Gasteiger charge is -2.09. The van der Waals surface area contributed by atoms with E-state index in [1.807, 2.05) is 35.0 Å². The number of rotatable bonds is 5. The highest BCUT2D eigenvalue weighted by molar-refractivity contribution is 6.22. The van der Waals surface area contributed by atoms with Gasteiger partial charge in [-0.3, -0.25) is 19.3 Å². The Morgan fingerprint density at radius 3 is 2.74 bits per heavy atom. The second-order valence-electron chi connectivity index (χ2n) is 6.15. The van der Waals surface area contributed by atoms with Gasteiger partial charge >= 0.3 is 0 Å². The summed E-state index contributed by atoms with van der Waals surface area (Å²) < 4.78 is 1.87. The SMILES string of the molecule is C=CCN1C(=O)c2ccc(C(=O)NCc3cn4ccccc4n3)cc2C1=O. The van der Waals surface area contributed by atoms with E-state index < -0.39 is 5.91 Å². The Kier molecular flexibility index (Phi) is 4.04. The van der Waals surface area contributed by atoms with Crippen LogP contribution in [0.4, 0.5) is 0 Å². The number of amides is 3. The molecule has 0 spiro atoms. The topological polar surface area (TPSA) is 83.8 Å². The molecule has 2 aromatic heterocycles. The number of carbonyl (C=O) groups excluding carboxylic acids is 3. The lowest BCUT2D eigenvalue weighted by atomic mass is 10.1. The van der Waals surface area contributed by atoms with Crippen molar-refractivity contribution in [3.05, 3.63) is 83.8 Å². The van der Waals surface area contributed by atoms with Gasteiger partial charge in [0.2, 0.25) is 0 Å². The standard InChI is InChI=1S/C20H16N4O3/c1-2-8-24-19(26)15-7-6-13(10-16(15)20(24)27)18(25)21-11-14-12-23-9-4-3-5-17(23)22-14/h2-7,9-10,12H,1,8,11H2,(H,21,25). The molecule has 3 aromatic rings. The largest absolute Gasteiger partial charge is 0.346 e. The maximum Gasteiger partial charge on any atom is 0.261 e. The van der Waals surface area contributed by atoms with Gasteiger partial charge in [-0.25, -0.2) is 4.98 Å². The fourth-order valence-electron chi connectivity index (χ4n) is 3.07. The number of benzene rings is 1. The number of carbonyl (C=O) groups is 3. The molecule has 134 valence electrons. The lowest BCUT2D eigenvalue weighted by molar-refractivity contribution is 0.0672. The second kappa shape index (κ2) is 6.53. The van der Waals surface area contributed by atoms with Crippen LogP contribution in [-0.4, -0.2) is 38.6 Å². The van der Waals surface area contributed by atoms with Crippen LogP contribution in [0.25, 0.3) is 5.65 Å². The highest BCUT2D eigenvalue weighted by Crippen LogP contribution is 2.24. The molecular weight excluding hydrogens is 344 g/mol. The first-order valence-electron chi connectivity index (χ1n) is 8.40. The number of imide groups is 1. The minimum Gasteiger partial charge on any atom is -0.346 e. The molecular formula is C20H16N4O3. The van der Waals surface area contributed by atoms with Gasteiger partial charge in [0.1, 0.15) is 5.65 Å². The van der Waals surface area contributed by atoms with Crippen molar-refractivity contribution in [1.82, 2.24) is 19.6 Å². The summed E-state index contributed by atoms with van der Waals surface area (Å²) in [7, 11) is 0. The van der Waals surface area contributed by atoms with Crippen LogP contribution in [0.1, 0.15) is 36.8 Å². The van der Waals surface area contributed by atoms with Gasteiger partial charge in [-0.15, -0.1) is 6.58 Å². The average Bonchev–Trinajstić information content (AvgIpc) is 3.20. The van der Waals surface area contributed by atoms with Crippen molar-refractivity contribution in [2.45, 2.75) is 6.54 Å². The van der Waals surface area contributed by atoms with Crippen LogP contribution in [0.3, 0.4) is 0 Å². The molecule has 27 heavy (non-hydrogen) atoms. The molecule has 3 amide bonds. The van der Waals surface area contributed by atoms with Gasteiger partial charge in [0.05, 0.1) is 23.4 Å². The van der Waals surface area contributed by atoms with E-state index in [0.717, 1.165) is 16.2 Å². The van der Waals surface area contributed by atoms with E-state index in [-0.39, 0.29) is 30.5 Å². The number of nitrogens with zero attached hydrogens (tertiary/aromatic N) is 3. The van der Waals surface area contributed by atoms with Crippen LogP contribution in [-0.2, 0) is 6.54 Å². The minimum atomic E-state index is -0.412. The Labute approximate surface area is 154 Å². The van der Waals surface area contributed by atoms with Crippen molar-refractivity contribution in [2.75, 3.05) is 6.54 Å². The van der Waals surface area contributed by atoms with Crippen LogP contribution in [0.5, 0.6) is 0 Å². The predicted molar refractivity (Wildman–Crippen MR) is 98.4 cm³/mol. The van der Waals surface area contributed by atoms with E-state index in [1.165, 1.54) is 18.2 Å². The van der Waals surface area contributed by atoms with Crippen molar-refractivity contribution >= 4 is 23.4 Å². The first-order chi connectivity index (χ1) is 13.1. The fourth-order valence-corrected chi connectivity index (χ4v) is 3.07. The van der Waals surface area contributed by atoms with Gasteiger partial charge in [0.15, 0.2) is 0 Å². The van der Waals surface area contributed by atoms with E-state index in [1.54, 1.807) is 6.07 Å². The Morgan fingerprint density at radius 1 is 1.15 bits per heavy atom. The molecule has 3 heterocycles. The molecule has 1 aliphatic heterocycles. The second-order valence-corrected chi connectivity index (χ2v) is 6.15. The van der Waals surface area contributed by atoms with Gasteiger partial charge in [-0.1, -0.05) is 12.1 Å². The van der Waals surface area contributed by atoms with E-state index in [9.17, 15) is 14.4 Å². The summed E-state index contributed by atoms with van der Waals surface area (Å²) in [5.74, 6) is -1.12. The third-order valence-corrected chi connectivity index (χ3v) is 4.39. The van der Waals surface area contributed by atoms with Crippen LogP contribution < -0.4 is 5.32 Å². The zero-order valence-corrected chi connectivity index (χ0v) is 14.4. The Morgan fingerprint density at radius 2 is 1.96 bits per heavy atom. The molecule has 1 aromatic carbocycles. The van der Waals surface area contributed by atoms with E-state index >= 15 is 0 Å². The molecule has 4 rings (SSSR count). The zero-order valence-electron chi connectivity index (χ0n) is 14.4. The number of fused-ring (bicyclic) bond motifs is 2. The molecule has 0 aliphatic carbocycles. The molecule has 1 aliphatic rings. The normalized spacial score (nSPS) is 13.1. The molecule has 0 radical (unpaired) electrons. The minimum absolute atomic E-state index is 0.141. The summed E-state index contributed by atoms with van der Waals surface area (Å²) in [6.07, 6.45) is 5.21. The van der Waals surface area contributed by atoms with Gasteiger partial charge < -0.3 is 9.72 Å². The maximum absolute atomic E-state index is 12.5. The molecule has 0 saturated carbocycles. The summed E-state index contributed by atoms with van der Waals surface area (Å²) in [4.78, 5) is 42.6. The Bertz CT molecular complexity index is 1070. The van der Waals surface area contributed by atoms with Crippen LogP contribution in [0.15, 0.2) is 61.4 Å². The van der Waals surface area contributed by atoms with Crippen LogP contribution in [0, 0.1) is 0 Å². The number of imidazole rings is 1. The van der Waals surface area contributed by atoms with Crippen LogP contribution >= 0.6 is 0 Å².